The summed E-state index contributed by atoms with van der Waals surface area (Å²) in [6, 6.07) is 7.29. The molecule has 0 spiro atoms. The van der Waals surface area contributed by atoms with Crippen LogP contribution in [0.3, 0.4) is 0 Å². The number of benzene rings is 1. The standard InChI is InChI=1S/C15H22FNO/c1-15(2,3)17(14-8-10-18-11-9-14)13-6-4-12(16)5-7-13/h4-7,14H,8-11H2,1-3H3. The summed E-state index contributed by atoms with van der Waals surface area (Å²) in [7, 11) is 0. The molecule has 0 radical (unpaired) electrons. The second-order valence-corrected chi connectivity index (χ2v) is 5.86. The number of hydrogen-bond donors (Lipinski definition) is 0. The zero-order chi connectivity index (χ0) is 13.2. The van der Waals surface area contributed by atoms with Gasteiger partial charge >= 0.3 is 0 Å². The minimum atomic E-state index is -0.181. The first kappa shape index (κ1) is 13.3. The van der Waals surface area contributed by atoms with Gasteiger partial charge < -0.3 is 9.64 Å². The zero-order valence-corrected chi connectivity index (χ0v) is 11.4. The van der Waals surface area contributed by atoms with Crippen molar-refractivity contribution in [2.45, 2.75) is 45.2 Å². The molecule has 2 rings (SSSR count). The molecule has 0 saturated carbocycles. The molecule has 0 amide bonds. The maximum absolute atomic E-state index is 13.1. The van der Waals surface area contributed by atoms with Gasteiger partial charge in [-0.2, -0.15) is 0 Å². The molecule has 1 aliphatic heterocycles. The van der Waals surface area contributed by atoms with E-state index in [1.54, 1.807) is 0 Å². The highest BCUT2D eigenvalue weighted by Gasteiger charge is 2.30. The Morgan fingerprint density at radius 2 is 1.67 bits per heavy atom. The van der Waals surface area contributed by atoms with Crippen LogP contribution in [0.4, 0.5) is 10.1 Å². The minimum Gasteiger partial charge on any atom is -0.381 e. The number of anilines is 1. The van der Waals surface area contributed by atoms with Crippen molar-refractivity contribution < 1.29 is 9.13 Å². The molecule has 1 aromatic carbocycles. The van der Waals surface area contributed by atoms with E-state index < -0.39 is 0 Å². The van der Waals surface area contributed by atoms with Crippen LogP contribution in [0.2, 0.25) is 0 Å². The van der Waals surface area contributed by atoms with Crippen LogP contribution in [-0.2, 0) is 4.74 Å². The lowest BCUT2D eigenvalue weighted by Crippen LogP contribution is -2.50. The molecular formula is C15H22FNO. The summed E-state index contributed by atoms with van der Waals surface area (Å²) < 4.78 is 18.5. The highest BCUT2D eigenvalue weighted by molar-refractivity contribution is 5.49. The average molecular weight is 251 g/mol. The minimum absolute atomic E-state index is 0.0276. The molecule has 1 fully saturated rings. The molecule has 1 saturated heterocycles. The number of hydrogen-bond acceptors (Lipinski definition) is 2. The Bertz CT molecular complexity index is 376. The van der Waals surface area contributed by atoms with E-state index in [-0.39, 0.29) is 11.4 Å². The van der Waals surface area contributed by atoms with Crippen molar-refractivity contribution in [3.63, 3.8) is 0 Å². The van der Waals surface area contributed by atoms with Gasteiger partial charge in [-0.05, 0) is 57.9 Å². The summed E-state index contributed by atoms with van der Waals surface area (Å²) in [5.74, 6) is -0.181. The van der Waals surface area contributed by atoms with E-state index in [1.807, 2.05) is 12.1 Å². The van der Waals surface area contributed by atoms with Crippen LogP contribution in [0.25, 0.3) is 0 Å². The summed E-state index contributed by atoms with van der Waals surface area (Å²) in [5.41, 5.74) is 1.12. The van der Waals surface area contributed by atoms with Crippen LogP contribution in [0.15, 0.2) is 24.3 Å². The maximum atomic E-state index is 13.1. The van der Waals surface area contributed by atoms with E-state index in [0.717, 1.165) is 31.7 Å². The Balaban J connectivity index is 2.27. The van der Waals surface area contributed by atoms with Crippen LogP contribution in [-0.4, -0.2) is 24.8 Å². The maximum Gasteiger partial charge on any atom is 0.123 e. The van der Waals surface area contributed by atoms with Crippen molar-refractivity contribution in [2.24, 2.45) is 0 Å². The number of ether oxygens (including phenoxy) is 1. The Hall–Kier alpha value is -1.09. The normalized spacial score (nSPS) is 17.8. The summed E-state index contributed by atoms with van der Waals surface area (Å²) in [6.07, 6.45) is 2.07. The molecule has 1 aliphatic rings. The third-order valence-electron chi connectivity index (χ3n) is 3.38. The lowest BCUT2D eigenvalue weighted by Gasteiger charge is -2.45. The second kappa shape index (κ2) is 5.27. The molecule has 0 bridgehead atoms. The number of nitrogens with zero attached hydrogens (tertiary/aromatic N) is 1. The van der Waals surface area contributed by atoms with Crippen LogP contribution in [0, 0.1) is 5.82 Å². The van der Waals surface area contributed by atoms with E-state index in [9.17, 15) is 4.39 Å². The summed E-state index contributed by atoms with van der Waals surface area (Å²) >= 11 is 0. The van der Waals surface area contributed by atoms with Crippen LogP contribution < -0.4 is 4.90 Å². The number of rotatable bonds is 2. The van der Waals surface area contributed by atoms with E-state index >= 15 is 0 Å². The SMILES string of the molecule is CC(C)(C)N(c1ccc(F)cc1)C1CCOCC1. The van der Waals surface area contributed by atoms with Crippen molar-refractivity contribution in [2.75, 3.05) is 18.1 Å². The van der Waals surface area contributed by atoms with Crippen molar-refractivity contribution in [1.29, 1.82) is 0 Å². The van der Waals surface area contributed by atoms with E-state index in [1.165, 1.54) is 12.1 Å². The Morgan fingerprint density at radius 1 is 1.11 bits per heavy atom. The van der Waals surface area contributed by atoms with Crippen molar-refractivity contribution in [1.82, 2.24) is 0 Å². The van der Waals surface area contributed by atoms with Crippen LogP contribution in [0.1, 0.15) is 33.6 Å². The molecule has 3 heteroatoms. The fourth-order valence-corrected chi connectivity index (χ4v) is 2.69. The van der Waals surface area contributed by atoms with Gasteiger partial charge in [0.1, 0.15) is 5.82 Å². The highest BCUT2D eigenvalue weighted by atomic mass is 19.1. The molecule has 0 atom stereocenters. The van der Waals surface area contributed by atoms with Gasteiger partial charge in [-0.25, -0.2) is 4.39 Å². The van der Waals surface area contributed by atoms with Crippen LogP contribution in [0.5, 0.6) is 0 Å². The van der Waals surface area contributed by atoms with E-state index in [0.29, 0.717) is 6.04 Å². The van der Waals surface area contributed by atoms with Gasteiger partial charge in [0.25, 0.3) is 0 Å². The van der Waals surface area contributed by atoms with Gasteiger partial charge in [0.2, 0.25) is 0 Å². The molecule has 1 heterocycles. The van der Waals surface area contributed by atoms with Crippen molar-refractivity contribution in [3.8, 4) is 0 Å². The van der Waals surface area contributed by atoms with Gasteiger partial charge in [-0.3, -0.25) is 0 Å². The Morgan fingerprint density at radius 3 is 2.17 bits per heavy atom. The molecule has 0 unspecified atom stereocenters. The number of halogens is 1. The first-order valence-electron chi connectivity index (χ1n) is 6.61. The largest absolute Gasteiger partial charge is 0.381 e. The third kappa shape index (κ3) is 3.02. The lowest BCUT2D eigenvalue weighted by atomic mass is 9.97. The summed E-state index contributed by atoms with van der Waals surface area (Å²) in [5, 5.41) is 0. The second-order valence-electron chi connectivity index (χ2n) is 5.86. The molecule has 100 valence electrons. The third-order valence-corrected chi connectivity index (χ3v) is 3.38. The van der Waals surface area contributed by atoms with Gasteiger partial charge in [0, 0.05) is 30.5 Å². The molecule has 1 aromatic rings. The predicted octanol–water partition coefficient (Wildman–Crippen LogP) is 3.61. The van der Waals surface area contributed by atoms with Crippen LogP contribution >= 0.6 is 0 Å². The Labute approximate surface area is 109 Å². The molecule has 2 nitrogen and oxygen atoms in total. The fraction of sp³-hybridized carbons (Fsp3) is 0.600. The molecule has 0 aliphatic carbocycles. The lowest BCUT2D eigenvalue weighted by molar-refractivity contribution is 0.0805. The Kier molecular flexibility index (Phi) is 3.91. The fourth-order valence-electron chi connectivity index (χ4n) is 2.69. The van der Waals surface area contributed by atoms with E-state index in [4.69, 9.17) is 4.74 Å². The highest BCUT2D eigenvalue weighted by Crippen LogP contribution is 2.30. The first-order valence-corrected chi connectivity index (χ1v) is 6.61. The van der Waals surface area contributed by atoms with Gasteiger partial charge in [0.15, 0.2) is 0 Å². The molecule has 0 aromatic heterocycles. The summed E-state index contributed by atoms with van der Waals surface area (Å²) in [6.45, 7) is 8.24. The molecule has 18 heavy (non-hydrogen) atoms. The van der Waals surface area contributed by atoms with Gasteiger partial charge in [0.05, 0.1) is 0 Å². The first-order chi connectivity index (χ1) is 8.48. The van der Waals surface area contributed by atoms with Gasteiger partial charge in [-0.15, -0.1) is 0 Å². The van der Waals surface area contributed by atoms with Crippen molar-refractivity contribution >= 4 is 5.69 Å². The van der Waals surface area contributed by atoms with Gasteiger partial charge in [-0.1, -0.05) is 0 Å². The topological polar surface area (TPSA) is 12.5 Å². The monoisotopic (exact) mass is 251 g/mol. The van der Waals surface area contributed by atoms with E-state index in [2.05, 4.69) is 25.7 Å². The predicted molar refractivity (Wildman–Crippen MR) is 72.5 cm³/mol. The average Bonchev–Trinajstić information content (AvgIpc) is 2.32. The molecular weight excluding hydrogens is 229 g/mol. The summed E-state index contributed by atoms with van der Waals surface area (Å²) in [4.78, 5) is 2.40. The smallest absolute Gasteiger partial charge is 0.123 e. The van der Waals surface area contributed by atoms with Crippen molar-refractivity contribution in [3.05, 3.63) is 30.1 Å². The quantitative estimate of drug-likeness (QED) is 0.796. The zero-order valence-electron chi connectivity index (χ0n) is 11.4. The molecule has 0 N–H and O–H groups in total.